The van der Waals surface area contributed by atoms with Gasteiger partial charge in [0.15, 0.2) is 0 Å². The van der Waals surface area contributed by atoms with Gasteiger partial charge in [0.1, 0.15) is 5.75 Å². The van der Waals surface area contributed by atoms with E-state index in [1.807, 2.05) is 4.79 Å². The molecule has 0 aliphatic carbocycles. The Morgan fingerprint density at radius 1 is 1.30 bits per heavy atom. The van der Waals surface area contributed by atoms with E-state index in [9.17, 15) is 18.0 Å². The number of fused-ring (bicyclic) bond motifs is 1. The lowest BCUT2D eigenvalue weighted by Gasteiger charge is -2.04. The summed E-state index contributed by atoms with van der Waals surface area (Å²) in [5.74, 6) is -1.84. The van der Waals surface area contributed by atoms with Gasteiger partial charge >= 0.3 is 17.9 Å². The minimum atomic E-state index is -5.08. The summed E-state index contributed by atoms with van der Waals surface area (Å²) in [5.41, 5.74) is 6.24. The van der Waals surface area contributed by atoms with Crippen LogP contribution in [0.1, 0.15) is 0 Å². The number of alkyl halides is 3. The van der Waals surface area contributed by atoms with Crippen molar-refractivity contribution in [2.45, 2.75) is 6.18 Å². The number of benzene rings is 2. The SMILES string of the molecule is [N-]=[N+]=C(C(=O)Oc1ccc2ccc[14cH]c2c1)C(F)(F)F. The molecule has 0 radical (unpaired) electrons. The Kier molecular flexibility index (Phi) is 3.54. The van der Waals surface area contributed by atoms with Crippen LogP contribution in [0.25, 0.3) is 16.3 Å². The third-order valence-electron chi connectivity index (χ3n) is 2.49. The van der Waals surface area contributed by atoms with E-state index >= 15 is 0 Å². The van der Waals surface area contributed by atoms with Crippen LogP contribution in [0.15, 0.2) is 42.5 Å². The minimum Gasteiger partial charge on any atom is -0.418 e. The van der Waals surface area contributed by atoms with Crippen LogP contribution in [0.2, 0.25) is 0 Å². The number of nitrogens with zero attached hydrogens (tertiary/aromatic N) is 2. The molecule has 20 heavy (non-hydrogen) atoms. The molecule has 2 rings (SSSR count). The summed E-state index contributed by atoms with van der Waals surface area (Å²) >= 11 is 0. The van der Waals surface area contributed by atoms with E-state index < -0.39 is 17.9 Å². The topological polar surface area (TPSA) is 62.7 Å². The number of hydrogen-bond donors (Lipinski definition) is 0. The van der Waals surface area contributed by atoms with Gasteiger partial charge in [-0.15, -0.1) is 0 Å². The van der Waals surface area contributed by atoms with Crippen molar-refractivity contribution in [2.24, 2.45) is 0 Å². The van der Waals surface area contributed by atoms with Gasteiger partial charge in [-0.3, -0.25) is 0 Å². The number of carbonyl (C=O) groups is 1. The van der Waals surface area contributed by atoms with Crippen molar-refractivity contribution < 1.29 is 27.5 Å². The van der Waals surface area contributed by atoms with Crippen molar-refractivity contribution in [2.75, 3.05) is 0 Å². The highest BCUT2D eigenvalue weighted by Crippen LogP contribution is 2.22. The Morgan fingerprint density at radius 2 is 2.05 bits per heavy atom. The molecule has 102 valence electrons. The van der Waals surface area contributed by atoms with Crippen LogP contribution < -0.4 is 4.74 Å². The maximum absolute atomic E-state index is 12.3. The van der Waals surface area contributed by atoms with Crippen molar-refractivity contribution in [1.29, 1.82) is 0 Å². The predicted octanol–water partition coefficient (Wildman–Crippen LogP) is 2.98. The lowest BCUT2D eigenvalue weighted by molar-refractivity contribution is -0.147. The Hall–Kier alpha value is -2.66. The minimum absolute atomic E-state index is 0.0703. The van der Waals surface area contributed by atoms with Gasteiger partial charge in [0.25, 0.3) is 0 Å². The van der Waals surface area contributed by atoms with Gasteiger partial charge in [-0.1, -0.05) is 30.3 Å². The quantitative estimate of drug-likeness (QED) is 0.279. The van der Waals surface area contributed by atoms with Gasteiger partial charge in [0.2, 0.25) is 0 Å². The molecule has 0 atom stereocenters. The summed E-state index contributed by atoms with van der Waals surface area (Å²) in [5, 5.41) is 1.55. The lowest BCUT2D eigenvalue weighted by Crippen LogP contribution is -2.35. The van der Waals surface area contributed by atoms with Crippen LogP contribution in [0.4, 0.5) is 13.2 Å². The van der Waals surface area contributed by atoms with Crippen molar-refractivity contribution in [1.82, 2.24) is 0 Å². The molecule has 7 heteroatoms. The standard InChI is InChI=1S/C13H7F3N2O2/c14-13(15,16)11(18-17)12(19)20-10-6-5-8-3-1-2-4-9(8)7-10/h1-7H/i4+2. The molecule has 0 fully saturated rings. The summed E-state index contributed by atoms with van der Waals surface area (Å²) in [6, 6.07) is 11.4. The molecule has 0 heterocycles. The molecule has 0 aliphatic heterocycles. The molecule has 2 aromatic rings. The highest BCUT2D eigenvalue weighted by molar-refractivity contribution is 6.36. The maximum atomic E-state index is 12.3. The summed E-state index contributed by atoms with van der Waals surface area (Å²) in [6.07, 6.45) is -5.08. The summed E-state index contributed by atoms with van der Waals surface area (Å²) in [4.78, 5) is 13.2. The van der Waals surface area contributed by atoms with E-state index in [2.05, 4.69) is 4.74 Å². The number of ether oxygens (including phenoxy) is 1. The van der Waals surface area contributed by atoms with E-state index in [0.717, 1.165) is 5.39 Å². The fraction of sp³-hybridized carbons (Fsp3) is 0.0769. The molecule has 0 spiro atoms. The fourth-order valence-corrected chi connectivity index (χ4v) is 1.60. The molecule has 0 aromatic heterocycles. The van der Waals surface area contributed by atoms with Crippen LogP contribution in [-0.4, -0.2) is 22.6 Å². The zero-order valence-corrected chi connectivity index (χ0v) is 9.89. The van der Waals surface area contributed by atoms with Gasteiger partial charge in [-0.2, -0.15) is 18.0 Å². The third-order valence-corrected chi connectivity index (χ3v) is 2.49. The molecular formula is C13H7F3N2O2. The van der Waals surface area contributed by atoms with E-state index in [0.29, 0.717) is 5.39 Å². The largest absolute Gasteiger partial charge is 0.503 e. The monoisotopic (exact) mass is 282 g/mol. The number of hydrogen-bond acceptors (Lipinski definition) is 2. The number of esters is 1. The molecule has 0 saturated heterocycles. The smallest absolute Gasteiger partial charge is 0.418 e. The van der Waals surface area contributed by atoms with Crippen LogP contribution in [-0.2, 0) is 4.79 Å². The van der Waals surface area contributed by atoms with Gasteiger partial charge in [-0.25, -0.2) is 4.79 Å². The second-order valence-corrected chi connectivity index (χ2v) is 3.84. The van der Waals surface area contributed by atoms with Crippen molar-refractivity contribution in [3.05, 3.63) is 48.0 Å². The van der Waals surface area contributed by atoms with Gasteiger partial charge in [0.05, 0.1) is 0 Å². The number of carbonyl (C=O) groups excluding carboxylic acids is 1. The first-order valence-electron chi connectivity index (χ1n) is 5.42. The van der Waals surface area contributed by atoms with Gasteiger partial charge in [-0.05, 0) is 22.9 Å². The first-order valence-corrected chi connectivity index (χ1v) is 5.42. The molecule has 2 aromatic carbocycles. The lowest BCUT2D eigenvalue weighted by atomic mass is 10.2. The van der Waals surface area contributed by atoms with Crippen LogP contribution in [0, 0.1) is 0 Å². The number of halogens is 3. The average Bonchev–Trinajstić information content (AvgIpc) is 2.37. The summed E-state index contributed by atoms with van der Waals surface area (Å²) < 4.78 is 41.6. The van der Waals surface area contributed by atoms with Crippen LogP contribution >= 0.6 is 0 Å². The van der Waals surface area contributed by atoms with Gasteiger partial charge in [0, 0.05) is 0 Å². The van der Waals surface area contributed by atoms with E-state index in [1.54, 1.807) is 30.3 Å². The predicted molar refractivity (Wildman–Crippen MR) is 64.3 cm³/mol. The van der Waals surface area contributed by atoms with Crippen molar-refractivity contribution in [3.63, 3.8) is 0 Å². The normalized spacial score (nSPS) is 10.9. The summed E-state index contributed by atoms with van der Waals surface area (Å²) in [6.45, 7) is 0. The highest BCUT2D eigenvalue weighted by Gasteiger charge is 2.51. The Balaban J connectivity index is 2.28. The fourth-order valence-electron chi connectivity index (χ4n) is 1.60. The molecule has 0 amide bonds. The zero-order valence-electron chi connectivity index (χ0n) is 9.89. The van der Waals surface area contributed by atoms with E-state index in [4.69, 9.17) is 5.53 Å². The highest BCUT2D eigenvalue weighted by atomic mass is 19.4. The van der Waals surface area contributed by atoms with Crippen LogP contribution in [0.3, 0.4) is 0 Å². The molecule has 0 unspecified atom stereocenters. The Bertz CT molecular complexity index is 719. The average molecular weight is 282 g/mol. The molecule has 4 nitrogen and oxygen atoms in total. The maximum Gasteiger partial charge on any atom is 0.503 e. The molecule has 0 saturated carbocycles. The molecule has 0 aliphatic rings. The second-order valence-electron chi connectivity index (χ2n) is 3.84. The third kappa shape index (κ3) is 2.84. The first-order chi connectivity index (χ1) is 9.41. The summed E-state index contributed by atoms with van der Waals surface area (Å²) in [7, 11) is 0. The second kappa shape index (κ2) is 5.14. The van der Waals surface area contributed by atoms with E-state index in [1.165, 1.54) is 12.1 Å². The Labute approximate surface area is 111 Å². The van der Waals surface area contributed by atoms with Crippen molar-refractivity contribution >= 4 is 22.5 Å². The van der Waals surface area contributed by atoms with Gasteiger partial charge < -0.3 is 10.3 Å². The Morgan fingerprint density at radius 3 is 2.70 bits per heavy atom. The zero-order chi connectivity index (χ0) is 14.8. The van der Waals surface area contributed by atoms with Crippen molar-refractivity contribution in [3.8, 4) is 5.75 Å². The van der Waals surface area contributed by atoms with E-state index in [-0.39, 0.29) is 5.75 Å². The molecule has 0 N–H and O–H groups in total. The van der Waals surface area contributed by atoms with Crippen LogP contribution in [0.5, 0.6) is 5.75 Å². The number of rotatable bonds is 2. The molecular weight excluding hydrogens is 275 g/mol. The first kappa shape index (κ1) is 13.8. The molecule has 0 bridgehead atoms.